The third-order valence-electron chi connectivity index (χ3n) is 4.18. The third kappa shape index (κ3) is 3.99. The smallest absolute Gasteiger partial charge is 0.243 e. The Hall–Kier alpha value is -0.590. The lowest BCUT2D eigenvalue weighted by molar-refractivity contribution is -0.0891. The molecule has 3 atom stereocenters. The van der Waals surface area contributed by atoms with E-state index in [1.165, 1.54) is 6.42 Å². The van der Waals surface area contributed by atoms with Crippen molar-refractivity contribution in [2.45, 2.75) is 57.6 Å². The highest BCUT2D eigenvalue weighted by Gasteiger charge is 2.41. The van der Waals surface area contributed by atoms with Crippen molar-refractivity contribution in [3.8, 4) is 0 Å². The van der Waals surface area contributed by atoms with Gasteiger partial charge in [0.15, 0.2) is 0 Å². The summed E-state index contributed by atoms with van der Waals surface area (Å²) >= 11 is 1.77. The van der Waals surface area contributed by atoms with Crippen LogP contribution in [0.3, 0.4) is 0 Å². The zero-order chi connectivity index (χ0) is 15.3. The summed E-state index contributed by atoms with van der Waals surface area (Å²) in [5, 5.41) is 4.20. The van der Waals surface area contributed by atoms with E-state index in [1.807, 2.05) is 6.92 Å². The third-order valence-corrected chi connectivity index (χ3v) is 4.82. The van der Waals surface area contributed by atoms with Crippen molar-refractivity contribution in [3.63, 3.8) is 0 Å². The van der Waals surface area contributed by atoms with Crippen molar-refractivity contribution < 1.29 is 9.26 Å². The zero-order valence-corrected chi connectivity index (χ0v) is 14.1. The quantitative estimate of drug-likeness (QED) is 0.833. The maximum absolute atomic E-state index is 6.12. The predicted molar refractivity (Wildman–Crippen MR) is 85.2 cm³/mol. The highest BCUT2D eigenvalue weighted by Crippen LogP contribution is 2.41. The lowest BCUT2D eigenvalue weighted by atomic mass is 9.78. The molecule has 1 fully saturated rings. The summed E-state index contributed by atoms with van der Waals surface area (Å²) in [4.78, 5) is 4.57. The summed E-state index contributed by atoms with van der Waals surface area (Å²) < 4.78 is 11.5. The van der Waals surface area contributed by atoms with Gasteiger partial charge in [-0.1, -0.05) is 18.5 Å². The van der Waals surface area contributed by atoms with Crippen LogP contribution in [-0.4, -0.2) is 28.8 Å². The van der Waals surface area contributed by atoms with E-state index in [2.05, 4.69) is 23.3 Å². The summed E-state index contributed by atoms with van der Waals surface area (Å²) in [6.45, 7) is 4.94. The number of ether oxygens (including phenoxy) is 1. The molecule has 1 aliphatic carbocycles. The van der Waals surface area contributed by atoms with Crippen LogP contribution in [0.15, 0.2) is 4.52 Å². The minimum absolute atomic E-state index is 0.182. The molecule has 0 aromatic carbocycles. The van der Waals surface area contributed by atoms with Gasteiger partial charge in [-0.2, -0.15) is 16.7 Å². The summed E-state index contributed by atoms with van der Waals surface area (Å²) in [6.07, 6.45) is 7.22. The topological polar surface area (TPSA) is 74.2 Å². The van der Waals surface area contributed by atoms with E-state index in [0.29, 0.717) is 24.2 Å². The molecule has 1 aromatic rings. The van der Waals surface area contributed by atoms with Crippen LogP contribution in [0.1, 0.15) is 63.7 Å². The minimum atomic E-state index is -0.382. The molecule has 0 amide bonds. The number of nitrogens with two attached hydrogens (primary N) is 1. The number of rotatable bonds is 7. The SMILES string of the molecule is CCOC1(c2noc(C(N)CCSC)n2)CCCC(C)C1. The Morgan fingerprint density at radius 1 is 1.57 bits per heavy atom. The van der Waals surface area contributed by atoms with Gasteiger partial charge in [0.25, 0.3) is 0 Å². The van der Waals surface area contributed by atoms with Crippen LogP contribution in [0.25, 0.3) is 0 Å². The van der Waals surface area contributed by atoms with Crippen molar-refractivity contribution in [3.05, 3.63) is 11.7 Å². The van der Waals surface area contributed by atoms with Gasteiger partial charge in [-0.05, 0) is 50.5 Å². The molecule has 2 N–H and O–H groups in total. The van der Waals surface area contributed by atoms with Crippen molar-refractivity contribution in [2.24, 2.45) is 11.7 Å². The summed E-state index contributed by atoms with van der Waals surface area (Å²) in [7, 11) is 0. The molecular formula is C15H27N3O2S. The van der Waals surface area contributed by atoms with Crippen LogP contribution < -0.4 is 5.73 Å². The molecule has 6 heteroatoms. The second kappa shape index (κ2) is 7.61. The molecule has 1 aliphatic rings. The molecule has 1 saturated carbocycles. The van der Waals surface area contributed by atoms with E-state index in [-0.39, 0.29) is 11.6 Å². The predicted octanol–water partition coefficient (Wildman–Crippen LogP) is 3.26. The van der Waals surface area contributed by atoms with Crippen LogP contribution in [-0.2, 0) is 10.3 Å². The molecule has 120 valence electrons. The molecule has 21 heavy (non-hydrogen) atoms. The monoisotopic (exact) mass is 313 g/mol. The van der Waals surface area contributed by atoms with Gasteiger partial charge in [0.05, 0.1) is 6.04 Å². The van der Waals surface area contributed by atoms with E-state index in [9.17, 15) is 0 Å². The number of aromatic nitrogens is 2. The van der Waals surface area contributed by atoms with E-state index < -0.39 is 0 Å². The number of nitrogens with zero attached hydrogens (tertiary/aromatic N) is 2. The van der Waals surface area contributed by atoms with E-state index in [4.69, 9.17) is 15.0 Å². The first kappa shape index (κ1) is 16.8. The summed E-state index contributed by atoms with van der Waals surface area (Å²) in [6, 6.07) is -0.182. The Balaban J connectivity index is 2.16. The molecule has 0 saturated heterocycles. The second-order valence-corrected chi connectivity index (χ2v) is 6.96. The van der Waals surface area contributed by atoms with Crippen LogP contribution >= 0.6 is 11.8 Å². The van der Waals surface area contributed by atoms with Gasteiger partial charge in [0.1, 0.15) is 5.60 Å². The van der Waals surface area contributed by atoms with Crippen molar-refractivity contribution >= 4 is 11.8 Å². The van der Waals surface area contributed by atoms with Crippen LogP contribution in [0, 0.1) is 5.92 Å². The maximum atomic E-state index is 6.12. The highest BCUT2D eigenvalue weighted by molar-refractivity contribution is 7.98. The van der Waals surface area contributed by atoms with Crippen LogP contribution in [0.5, 0.6) is 0 Å². The fourth-order valence-electron chi connectivity index (χ4n) is 3.12. The van der Waals surface area contributed by atoms with Gasteiger partial charge in [-0.15, -0.1) is 0 Å². The van der Waals surface area contributed by atoms with Crippen molar-refractivity contribution in [1.29, 1.82) is 0 Å². The Kier molecular flexibility index (Phi) is 6.08. The van der Waals surface area contributed by atoms with Gasteiger partial charge in [-0.3, -0.25) is 0 Å². The molecule has 3 unspecified atom stereocenters. The first-order valence-electron chi connectivity index (χ1n) is 7.84. The molecular weight excluding hydrogens is 286 g/mol. The average Bonchev–Trinajstić information content (AvgIpc) is 2.95. The van der Waals surface area contributed by atoms with Crippen LogP contribution in [0.4, 0.5) is 0 Å². The van der Waals surface area contributed by atoms with Gasteiger partial charge >= 0.3 is 0 Å². The van der Waals surface area contributed by atoms with E-state index in [0.717, 1.165) is 31.4 Å². The molecule has 0 spiro atoms. The number of thioether (sulfide) groups is 1. The largest absolute Gasteiger partial charge is 0.367 e. The first-order valence-corrected chi connectivity index (χ1v) is 9.23. The summed E-state index contributed by atoms with van der Waals surface area (Å²) in [5.41, 5.74) is 5.74. The molecule has 1 aromatic heterocycles. The van der Waals surface area contributed by atoms with Crippen LogP contribution in [0.2, 0.25) is 0 Å². The Labute approximate surface area is 131 Å². The molecule has 0 aliphatic heterocycles. The van der Waals surface area contributed by atoms with Gasteiger partial charge in [0, 0.05) is 6.61 Å². The number of hydrogen-bond acceptors (Lipinski definition) is 6. The second-order valence-electron chi connectivity index (χ2n) is 5.97. The Morgan fingerprint density at radius 2 is 2.38 bits per heavy atom. The van der Waals surface area contributed by atoms with E-state index in [1.54, 1.807) is 11.8 Å². The fraction of sp³-hybridized carbons (Fsp3) is 0.867. The molecule has 0 bridgehead atoms. The van der Waals surface area contributed by atoms with Crippen molar-refractivity contribution in [2.75, 3.05) is 18.6 Å². The Bertz CT molecular complexity index is 436. The zero-order valence-electron chi connectivity index (χ0n) is 13.3. The fourth-order valence-corrected chi connectivity index (χ4v) is 3.61. The molecule has 2 rings (SSSR count). The van der Waals surface area contributed by atoms with Crippen molar-refractivity contribution in [1.82, 2.24) is 10.1 Å². The van der Waals surface area contributed by atoms with Gasteiger partial charge in [-0.25, -0.2) is 0 Å². The highest BCUT2D eigenvalue weighted by atomic mass is 32.2. The normalized spacial score (nSPS) is 27.7. The lowest BCUT2D eigenvalue weighted by Gasteiger charge is -2.37. The lowest BCUT2D eigenvalue weighted by Crippen LogP contribution is -2.36. The molecule has 1 heterocycles. The molecule has 5 nitrogen and oxygen atoms in total. The van der Waals surface area contributed by atoms with Gasteiger partial charge < -0.3 is 15.0 Å². The minimum Gasteiger partial charge on any atom is -0.367 e. The summed E-state index contributed by atoms with van der Waals surface area (Å²) in [5.74, 6) is 2.84. The molecule has 0 radical (unpaired) electrons. The Morgan fingerprint density at radius 3 is 3.05 bits per heavy atom. The first-order chi connectivity index (χ1) is 10.1. The maximum Gasteiger partial charge on any atom is 0.243 e. The standard InChI is InChI=1S/C15H27N3O2S/c1-4-19-15(8-5-6-11(2)10-15)14-17-13(20-18-14)12(16)7-9-21-3/h11-12H,4-10,16H2,1-3H3. The average molecular weight is 313 g/mol. The van der Waals surface area contributed by atoms with Gasteiger partial charge in [0.2, 0.25) is 11.7 Å². The number of hydrogen-bond donors (Lipinski definition) is 1. The van der Waals surface area contributed by atoms with E-state index >= 15 is 0 Å².